The highest BCUT2D eigenvalue weighted by Crippen LogP contribution is 2.16. The van der Waals surface area contributed by atoms with Crippen LogP contribution in [0.25, 0.3) is 0 Å². The molecule has 74 valence electrons. The van der Waals surface area contributed by atoms with Crippen LogP contribution in [0.1, 0.15) is 6.92 Å². The van der Waals surface area contributed by atoms with E-state index in [0.29, 0.717) is 12.2 Å². The van der Waals surface area contributed by atoms with E-state index in [1.807, 2.05) is 0 Å². The SMILES string of the molecule is CCOC(=O)C1=CSC(N)N=C1.Cl. The number of esters is 1. The van der Waals surface area contributed by atoms with E-state index in [1.165, 1.54) is 18.0 Å². The Bertz CT molecular complexity index is 243. The zero-order valence-electron chi connectivity index (χ0n) is 7.10. The molecule has 2 N–H and O–H groups in total. The van der Waals surface area contributed by atoms with Crippen molar-refractivity contribution in [3.05, 3.63) is 11.0 Å². The van der Waals surface area contributed by atoms with Gasteiger partial charge in [0.05, 0.1) is 12.2 Å². The van der Waals surface area contributed by atoms with Crippen molar-refractivity contribution in [3.63, 3.8) is 0 Å². The van der Waals surface area contributed by atoms with Crippen LogP contribution in [0.4, 0.5) is 0 Å². The van der Waals surface area contributed by atoms with E-state index in [0.717, 1.165) is 0 Å². The molecule has 1 unspecified atom stereocenters. The standard InChI is InChI=1S/C7H10N2O2S.ClH/c1-2-11-6(10)5-3-9-7(8)12-4-5;/h3-4,7H,2,8H2,1H3;1H. The van der Waals surface area contributed by atoms with Gasteiger partial charge in [-0.15, -0.1) is 12.4 Å². The van der Waals surface area contributed by atoms with Crippen molar-refractivity contribution in [2.75, 3.05) is 6.61 Å². The van der Waals surface area contributed by atoms with Gasteiger partial charge in [0, 0.05) is 6.21 Å². The summed E-state index contributed by atoms with van der Waals surface area (Å²) in [6.45, 7) is 2.14. The quantitative estimate of drug-likeness (QED) is 0.706. The first kappa shape index (κ1) is 12.5. The van der Waals surface area contributed by atoms with Crippen molar-refractivity contribution in [2.45, 2.75) is 12.4 Å². The summed E-state index contributed by atoms with van der Waals surface area (Å²) in [7, 11) is 0. The molecule has 0 fully saturated rings. The summed E-state index contributed by atoms with van der Waals surface area (Å²) < 4.78 is 4.76. The van der Waals surface area contributed by atoms with Crippen molar-refractivity contribution in [2.24, 2.45) is 10.7 Å². The van der Waals surface area contributed by atoms with Gasteiger partial charge >= 0.3 is 5.97 Å². The minimum absolute atomic E-state index is 0. The smallest absolute Gasteiger partial charge is 0.340 e. The molecule has 0 amide bonds. The van der Waals surface area contributed by atoms with E-state index in [2.05, 4.69) is 4.99 Å². The molecule has 0 aromatic carbocycles. The van der Waals surface area contributed by atoms with Gasteiger partial charge in [0.2, 0.25) is 0 Å². The predicted octanol–water partition coefficient (Wildman–Crippen LogP) is 0.915. The summed E-state index contributed by atoms with van der Waals surface area (Å²) in [5, 5.41) is 1.66. The van der Waals surface area contributed by atoms with E-state index in [-0.39, 0.29) is 23.9 Å². The Morgan fingerprint density at radius 1 is 1.85 bits per heavy atom. The average molecular weight is 223 g/mol. The molecule has 1 aliphatic rings. The molecule has 0 aliphatic carbocycles. The highest BCUT2D eigenvalue weighted by atomic mass is 35.5. The predicted molar refractivity (Wildman–Crippen MR) is 56.0 cm³/mol. The van der Waals surface area contributed by atoms with Gasteiger partial charge in [0.25, 0.3) is 0 Å². The third-order valence-corrected chi connectivity index (χ3v) is 2.00. The summed E-state index contributed by atoms with van der Waals surface area (Å²) in [4.78, 5) is 14.9. The highest BCUT2D eigenvalue weighted by molar-refractivity contribution is 8.02. The normalized spacial score (nSPS) is 20.2. The number of hydrogen-bond donors (Lipinski definition) is 1. The molecule has 0 bridgehead atoms. The Labute approximate surface area is 87.0 Å². The number of halogens is 1. The zero-order valence-corrected chi connectivity index (χ0v) is 8.73. The third-order valence-electron chi connectivity index (χ3n) is 1.21. The largest absolute Gasteiger partial charge is 0.462 e. The maximum Gasteiger partial charge on any atom is 0.340 e. The number of aliphatic imine (C=N–C) groups is 1. The Morgan fingerprint density at radius 3 is 3.00 bits per heavy atom. The van der Waals surface area contributed by atoms with Crippen LogP contribution >= 0.6 is 24.2 Å². The van der Waals surface area contributed by atoms with Crippen LogP contribution in [-0.2, 0) is 9.53 Å². The molecule has 1 aliphatic heterocycles. The van der Waals surface area contributed by atoms with E-state index >= 15 is 0 Å². The third kappa shape index (κ3) is 3.80. The van der Waals surface area contributed by atoms with Gasteiger partial charge in [-0.3, -0.25) is 4.99 Å². The van der Waals surface area contributed by atoms with Gasteiger partial charge in [0.1, 0.15) is 5.50 Å². The Hall–Kier alpha value is -0.520. The van der Waals surface area contributed by atoms with Gasteiger partial charge in [-0.05, 0) is 12.3 Å². The molecule has 0 radical (unpaired) electrons. The van der Waals surface area contributed by atoms with Gasteiger partial charge in [0.15, 0.2) is 0 Å². The molecule has 0 spiro atoms. The number of carbonyl (C=O) groups excluding carboxylic acids is 1. The summed E-state index contributed by atoms with van der Waals surface area (Å²) in [5.74, 6) is -0.347. The lowest BCUT2D eigenvalue weighted by atomic mass is 10.3. The minimum Gasteiger partial charge on any atom is -0.462 e. The van der Waals surface area contributed by atoms with Crippen LogP contribution in [0.15, 0.2) is 16.0 Å². The molecule has 6 heteroatoms. The van der Waals surface area contributed by atoms with E-state index < -0.39 is 0 Å². The number of ether oxygens (including phenoxy) is 1. The first-order chi connectivity index (χ1) is 5.74. The summed E-state index contributed by atoms with van der Waals surface area (Å²) in [6, 6.07) is 0. The van der Waals surface area contributed by atoms with E-state index in [4.69, 9.17) is 10.5 Å². The van der Waals surface area contributed by atoms with Crippen LogP contribution in [-0.4, -0.2) is 24.3 Å². The van der Waals surface area contributed by atoms with E-state index in [9.17, 15) is 4.79 Å². The summed E-state index contributed by atoms with van der Waals surface area (Å²) in [5.41, 5.74) is 5.61. The lowest BCUT2D eigenvalue weighted by Crippen LogP contribution is -2.17. The van der Waals surface area contributed by atoms with Gasteiger partial charge in [-0.2, -0.15) is 0 Å². The van der Waals surface area contributed by atoms with Crippen LogP contribution < -0.4 is 5.73 Å². The second kappa shape index (κ2) is 6.01. The van der Waals surface area contributed by atoms with Crippen LogP contribution in [0.2, 0.25) is 0 Å². The molecule has 4 nitrogen and oxygen atoms in total. The first-order valence-electron chi connectivity index (χ1n) is 3.55. The zero-order chi connectivity index (χ0) is 8.97. The Balaban J connectivity index is 0.00000144. The first-order valence-corrected chi connectivity index (χ1v) is 4.50. The molecule has 0 aromatic rings. The molecular weight excluding hydrogens is 212 g/mol. The number of carbonyl (C=O) groups is 1. The van der Waals surface area contributed by atoms with Crippen LogP contribution in [0.5, 0.6) is 0 Å². The fourth-order valence-electron chi connectivity index (χ4n) is 0.678. The molecule has 1 atom stereocenters. The molecule has 13 heavy (non-hydrogen) atoms. The topological polar surface area (TPSA) is 64.7 Å². The number of nitrogens with zero attached hydrogens (tertiary/aromatic N) is 1. The average Bonchev–Trinajstić information content (AvgIpc) is 2.06. The fourth-order valence-corrected chi connectivity index (χ4v) is 1.25. The number of nitrogens with two attached hydrogens (primary N) is 1. The fraction of sp³-hybridized carbons (Fsp3) is 0.429. The van der Waals surface area contributed by atoms with Gasteiger partial charge in [-0.1, -0.05) is 11.8 Å². The van der Waals surface area contributed by atoms with Crippen molar-refractivity contribution in [3.8, 4) is 0 Å². The number of rotatable bonds is 2. The van der Waals surface area contributed by atoms with E-state index in [1.54, 1.807) is 12.3 Å². The van der Waals surface area contributed by atoms with Crippen molar-refractivity contribution in [1.82, 2.24) is 0 Å². The molecule has 0 saturated heterocycles. The molecule has 1 heterocycles. The highest BCUT2D eigenvalue weighted by Gasteiger charge is 2.12. The second-order valence-electron chi connectivity index (χ2n) is 2.10. The number of thioether (sulfide) groups is 1. The summed E-state index contributed by atoms with van der Waals surface area (Å²) in [6.07, 6.45) is 1.44. The molecule has 1 rings (SSSR count). The van der Waals surface area contributed by atoms with Crippen molar-refractivity contribution in [1.29, 1.82) is 0 Å². The molecular formula is C7H11ClN2O2S. The maximum atomic E-state index is 11.1. The van der Waals surface area contributed by atoms with Crippen molar-refractivity contribution < 1.29 is 9.53 Å². The maximum absolute atomic E-state index is 11.1. The number of hydrogen-bond acceptors (Lipinski definition) is 5. The Kier molecular flexibility index (Phi) is 5.77. The van der Waals surface area contributed by atoms with Crippen LogP contribution in [0.3, 0.4) is 0 Å². The monoisotopic (exact) mass is 222 g/mol. The molecule has 0 aromatic heterocycles. The second-order valence-corrected chi connectivity index (χ2v) is 3.09. The summed E-state index contributed by atoms with van der Waals surface area (Å²) >= 11 is 1.30. The molecule has 0 saturated carbocycles. The minimum atomic E-state index is -0.347. The van der Waals surface area contributed by atoms with Gasteiger partial charge < -0.3 is 10.5 Å². The van der Waals surface area contributed by atoms with Crippen molar-refractivity contribution >= 4 is 36.4 Å². The lowest BCUT2D eigenvalue weighted by Gasteiger charge is -2.09. The van der Waals surface area contributed by atoms with Gasteiger partial charge in [-0.25, -0.2) is 4.79 Å². The Morgan fingerprint density at radius 2 is 2.54 bits per heavy atom. The lowest BCUT2D eigenvalue weighted by molar-refractivity contribution is -0.137. The van der Waals surface area contributed by atoms with Crippen LogP contribution in [0, 0.1) is 0 Å².